The fraction of sp³-hybridized carbons (Fsp3) is 0.526. The van der Waals surface area contributed by atoms with E-state index in [1.165, 1.54) is 10.4 Å². The van der Waals surface area contributed by atoms with Crippen LogP contribution in [-0.2, 0) is 14.8 Å². The average Bonchev–Trinajstić information content (AvgIpc) is 3.09. The van der Waals surface area contributed by atoms with Gasteiger partial charge in [-0.05, 0) is 39.3 Å². The van der Waals surface area contributed by atoms with Crippen molar-refractivity contribution in [2.24, 2.45) is 0 Å². The van der Waals surface area contributed by atoms with Crippen molar-refractivity contribution >= 4 is 15.8 Å². The van der Waals surface area contributed by atoms with Gasteiger partial charge in [-0.3, -0.25) is 9.69 Å². The van der Waals surface area contributed by atoms with E-state index in [0.717, 1.165) is 12.1 Å². The third-order valence-electron chi connectivity index (χ3n) is 4.42. The average molecular weight is 367 g/mol. The number of likely N-dealkylation sites (N-methyl/N-ethyl adjacent to an activating group) is 1. The first-order chi connectivity index (χ1) is 11.8. The first kappa shape index (κ1) is 21.5. The van der Waals surface area contributed by atoms with Crippen molar-refractivity contribution < 1.29 is 13.2 Å². The molecule has 0 aliphatic carbocycles. The number of Topliss-reactive ketones (excluding diaryl/α,β-unsaturated/α-hetero) is 1. The Balaban J connectivity index is 2.91. The maximum Gasteiger partial charge on any atom is 0.243 e. The second-order valence-corrected chi connectivity index (χ2v) is 8.13. The number of hydrogen-bond donors (Lipinski definition) is 0. The molecule has 1 atom stereocenters. The van der Waals surface area contributed by atoms with Crippen LogP contribution in [0.1, 0.15) is 33.6 Å². The molecular weight excluding hydrogens is 336 g/mol. The molecule has 0 radical (unpaired) electrons. The minimum absolute atomic E-state index is 0.0202. The van der Waals surface area contributed by atoms with Crippen LogP contribution < -0.4 is 0 Å². The Kier molecular flexibility index (Phi) is 8.48. The van der Waals surface area contributed by atoms with Crippen molar-refractivity contribution in [3.05, 3.63) is 47.9 Å². The van der Waals surface area contributed by atoms with E-state index in [0.29, 0.717) is 25.9 Å². The highest BCUT2D eigenvalue weighted by Crippen LogP contribution is 2.26. The molecule has 0 N–H and O–H groups in total. The fourth-order valence-corrected chi connectivity index (χ4v) is 4.19. The van der Waals surface area contributed by atoms with Crippen molar-refractivity contribution in [1.82, 2.24) is 9.21 Å². The predicted octanol–water partition coefficient (Wildman–Crippen LogP) is 2.89. The van der Waals surface area contributed by atoms with Crippen LogP contribution >= 0.6 is 0 Å². The minimum Gasteiger partial charge on any atom is -0.296 e. The molecule has 1 aliphatic rings. The Morgan fingerprint density at radius 1 is 1.36 bits per heavy atom. The third kappa shape index (κ3) is 5.76. The molecule has 0 aromatic rings. The molecule has 140 valence electrons. The van der Waals surface area contributed by atoms with Gasteiger partial charge < -0.3 is 0 Å². The molecule has 0 aromatic carbocycles. The molecule has 0 amide bonds. The monoisotopic (exact) mass is 366 g/mol. The van der Waals surface area contributed by atoms with Crippen LogP contribution in [0.4, 0.5) is 0 Å². The molecule has 0 aromatic heterocycles. The highest BCUT2D eigenvalue weighted by atomic mass is 32.2. The van der Waals surface area contributed by atoms with Crippen LogP contribution in [0.25, 0.3) is 0 Å². The summed E-state index contributed by atoms with van der Waals surface area (Å²) >= 11 is 0. The van der Waals surface area contributed by atoms with Crippen LogP contribution in [0.5, 0.6) is 0 Å². The van der Waals surface area contributed by atoms with Crippen molar-refractivity contribution in [3.8, 4) is 0 Å². The highest BCUT2D eigenvalue weighted by molar-refractivity contribution is 7.93. The zero-order chi connectivity index (χ0) is 19.0. The number of sulfonamides is 1. The summed E-state index contributed by atoms with van der Waals surface area (Å²) in [7, 11) is -3.73. The van der Waals surface area contributed by atoms with Gasteiger partial charge in [-0.15, -0.1) is 6.58 Å². The Bertz CT molecular complexity index is 662. The van der Waals surface area contributed by atoms with E-state index in [1.54, 1.807) is 12.2 Å². The largest absolute Gasteiger partial charge is 0.296 e. The minimum atomic E-state index is -3.73. The second kappa shape index (κ2) is 9.85. The summed E-state index contributed by atoms with van der Waals surface area (Å²) in [6.45, 7) is 15.1. The fourth-order valence-electron chi connectivity index (χ4n) is 2.72. The molecule has 1 fully saturated rings. The molecule has 25 heavy (non-hydrogen) atoms. The maximum absolute atomic E-state index is 12.8. The lowest BCUT2D eigenvalue weighted by atomic mass is 10.1. The van der Waals surface area contributed by atoms with Gasteiger partial charge in [0.25, 0.3) is 0 Å². The Morgan fingerprint density at radius 3 is 2.60 bits per heavy atom. The summed E-state index contributed by atoms with van der Waals surface area (Å²) in [6.07, 6.45) is 8.10. The lowest BCUT2D eigenvalue weighted by Crippen LogP contribution is -2.45. The second-order valence-electron chi connectivity index (χ2n) is 6.19. The zero-order valence-corrected chi connectivity index (χ0v) is 16.4. The van der Waals surface area contributed by atoms with Gasteiger partial charge in [-0.1, -0.05) is 37.3 Å². The predicted molar refractivity (Wildman–Crippen MR) is 104 cm³/mol. The maximum atomic E-state index is 12.8. The van der Waals surface area contributed by atoms with Crippen LogP contribution in [0.2, 0.25) is 0 Å². The van der Waals surface area contributed by atoms with Crippen molar-refractivity contribution in [2.45, 2.75) is 39.7 Å². The van der Waals surface area contributed by atoms with Gasteiger partial charge in [0, 0.05) is 13.1 Å². The summed E-state index contributed by atoms with van der Waals surface area (Å²) in [5.74, 6) is -0.0637. The molecule has 1 aliphatic heterocycles. The van der Waals surface area contributed by atoms with Gasteiger partial charge in [-0.2, -0.15) is 4.31 Å². The molecule has 6 heteroatoms. The van der Waals surface area contributed by atoms with E-state index in [9.17, 15) is 13.2 Å². The number of rotatable bonds is 10. The number of carbonyl (C=O) groups is 1. The summed E-state index contributed by atoms with van der Waals surface area (Å²) in [6, 6.07) is -0.600. The molecule has 0 saturated carbocycles. The van der Waals surface area contributed by atoms with Gasteiger partial charge in [0.1, 0.15) is 0 Å². The molecule has 1 saturated heterocycles. The lowest BCUT2D eigenvalue weighted by Gasteiger charge is -2.26. The normalized spacial score (nSPS) is 19.7. The van der Waals surface area contributed by atoms with Gasteiger partial charge in [-0.25, -0.2) is 8.42 Å². The molecule has 1 heterocycles. The van der Waals surface area contributed by atoms with Crippen LogP contribution in [0, 0.1) is 0 Å². The zero-order valence-electron chi connectivity index (χ0n) is 15.6. The number of hydrogen-bond acceptors (Lipinski definition) is 4. The number of allylic oxidation sites excluding steroid dienone is 4. The van der Waals surface area contributed by atoms with E-state index < -0.39 is 16.1 Å². The van der Waals surface area contributed by atoms with Crippen molar-refractivity contribution in [3.63, 3.8) is 0 Å². The molecule has 0 bridgehead atoms. The Morgan fingerprint density at radius 2 is 2.04 bits per heavy atom. The molecular formula is C19H30N2O3S. The quantitative estimate of drug-likeness (QED) is 0.441. The van der Waals surface area contributed by atoms with Crippen LogP contribution in [0.3, 0.4) is 0 Å². The first-order valence-electron chi connectivity index (χ1n) is 8.65. The topological polar surface area (TPSA) is 57.7 Å². The van der Waals surface area contributed by atoms with E-state index in [2.05, 4.69) is 13.2 Å². The van der Waals surface area contributed by atoms with Crippen molar-refractivity contribution in [1.29, 1.82) is 0 Å². The molecule has 1 rings (SSSR count). The summed E-state index contributed by atoms with van der Waals surface area (Å²) in [4.78, 5) is 14.6. The smallest absolute Gasteiger partial charge is 0.243 e. The lowest BCUT2D eigenvalue weighted by molar-refractivity contribution is -0.123. The van der Waals surface area contributed by atoms with E-state index >= 15 is 0 Å². The van der Waals surface area contributed by atoms with E-state index in [-0.39, 0.29) is 17.2 Å². The van der Waals surface area contributed by atoms with Crippen LogP contribution in [0.15, 0.2) is 47.9 Å². The number of nitrogens with zero attached hydrogens (tertiary/aromatic N) is 2. The molecule has 5 nitrogen and oxygen atoms in total. The summed E-state index contributed by atoms with van der Waals surface area (Å²) in [5, 5.41) is 0. The molecule has 0 spiro atoms. The molecule has 0 unspecified atom stereocenters. The highest BCUT2D eigenvalue weighted by Gasteiger charge is 2.39. The van der Waals surface area contributed by atoms with Crippen LogP contribution in [-0.4, -0.2) is 55.6 Å². The third-order valence-corrected chi connectivity index (χ3v) is 6.27. The number of carbonyl (C=O) groups excluding carboxylic acids is 1. The Hall–Kier alpha value is -1.50. The van der Waals surface area contributed by atoms with Crippen molar-refractivity contribution in [2.75, 3.05) is 26.2 Å². The van der Waals surface area contributed by atoms with Gasteiger partial charge in [0.15, 0.2) is 5.78 Å². The summed E-state index contributed by atoms with van der Waals surface area (Å²) < 4.78 is 26.9. The van der Waals surface area contributed by atoms with Gasteiger partial charge in [0.05, 0.1) is 17.5 Å². The van der Waals surface area contributed by atoms with Gasteiger partial charge >= 0.3 is 0 Å². The summed E-state index contributed by atoms with van der Waals surface area (Å²) in [5.41, 5.74) is 0.952. The van der Waals surface area contributed by atoms with Gasteiger partial charge in [0.2, 0.25) is 10.0 Å². The van der Waals surface area contributed by atoms with E-state index in [4.69, 9.17) is 0 Å². The number of ketones is 1. The standard InChI is InChI=1S/C19H30N2O3S/c1-6-13-20(8-3)15-19(22)18-10-9-14-21(18)25(23,24)17(5)12-11-16(4)7-2/h6-7,11-12,18H,1,5,8-10,13-15H2,2-4H3/b12-11-,16-7-/t18-/m0/s1. The SMILES string of the molecule is C=CCN(CC)CC(=O)[C@@H]1CCCN1S(=O)(=O)C(=C)/C=C\C(C)=C/C. The first-order valence-corrected chi connectivity index (χ1v) is 10.1. The Labute approximate surface area is 152 Å². The van der Waals surface area contributed by atoms with E-state index in [1.807, 2.05) is 31.7 Å².